The number of hydrogen-bond acceptors (Lipinski definition) is 4. The van der Waals surface area contributed by atoms with Crippen molar-refractivity contribution in [2.45, 2.75) is 31.8 Å². The molecule has 2 aliphatic rings. The zero-order valence-corrected chi connectivity index (χ0v) is 14.1. The summed E-state index contributed by atoms with van der Waals surface area (Å²) in [5.74, 6) is 1.67. The maximum Gasteiger partial charge on any atom is 0.190 e. The number of aliphatic imine (C=N–C) groups is 1. The minimum absolute atomic E-state index is 0.307. The van der Waals surface area contributed by atoms with Gasteiger partial charge in [0.05, 0.1) is 12.7 Å². The maximum atomic E-state index is 5.75. The van der Waals surface area contributed by atoms with E-state index in [-0.39, 0.29) is 0 Å². The first-order valence-electron chi connectivity index (χ1n) is 8.60. The molecule has 0 bridgehead atoms. The van der Waals surface area contributed by atoms with Gasteiger partial charge in [0.15, 0.2) is 5.96 Å². The summed E-state index contributed by atoms with van der Waals surface area (Å²) in [4.78, 5) is 6.69. The van der Waals surface area contributed by atoms with Crippen LogP contribution in [0.25, 0.3) is 0 Å². The highest BCUT2D eigenvalue weighted by molar-refractivity contribution is 5.79. The molecule has 22 heavy (non-hydrogen) atoms. The van der Waals surface area contributed by atoms with Crippen LogP contribution in [0.2, 0.25) is 0 Å². The number of nitrogens with one attached hydrogen (secondary N) is 2. The lowest BCUT2D eigenvalue weighted by Gasteiger charge is -2.29. The minimum atomic E-state index is 0.307. The first-order valence-corrected chi connectivity index (χ1v) is 8.60. The van der Waals surface area contributed by atoms with E-state index in [0.717, 1.165) is 57.6 Å². The molecule has 0 aromatic carbocycles. The van der Waals surface area contributed by atoms with Gasteiger partial charge in [0.2, 0.25) is 0 Å². The van der Waals surface area contributed by atoms with Gasteiger partial charge in [-0.2, -0.15) is 0 Å². The summed E-state index contributed by atoms with van der Waals surface area (Å²) in [6.45, 7) is 6.71. The van der Waals surface area contributed by atoms with Crippen molar-refractivity contribution in [1.82, 2.24) is 15.5 Å². The largest absolute Gasteiger partial charge is 0.379 e. The normalized spacial score (nSPS) is 24.6. The van der Waals surface area contributed by atoms with Gasteiger partial charge in [-0.25, -0.2) is 0 Å². The van der Waals surface area contributed by atoms with E-state index in [1.54, 1.807) is 0 Å². The molecule has 2 N–H and O–H groups in total. The van der Waals surface area contributed by atoms with E-state index < -0.39 is 0 Å². The van der Waals surface area contributed by atoms with Crippen LogP contribution < -0.4 is 10.6 Å². The summed E-state index contributed by atoms with van der Waals surface area (Å²) in [5.41, 5.74) is 0. The predicted octanol–water partition coefficient (Wildman–Crippen LogP) is 0.689. The van der Waals surface area contributed by atoms with Crippen LogP contribution in [0.15, 0.2) is 4.99 Å². The third-order valence-corrected chi connectivity index (χ3v) is 4.47. The summed E-state index contributed by atoms with van der Waals surface area (Å²) in [6.07, 6.45) is 4.88. The molecule has 0 aromatic heterocycles. The van der Waals surface area contributed by atoms with Crippen molar-refractivity contribution in [3.05, 3.63) is 0 Å². The number of likely N-dealkylation sites (tertiary alicyclic amines) is 1. The fourth-order valence-electron chi connectivity index (χ4n) is 2.90. The average molecular weight is 312 g/mol. The van der Waals surface area contributed by atoms with Crippen molar-refractivity contribution in [2.24, 2.45) is 10.9 Å². The van der Waals surface area contributed by atoms with Gasteiger partial charge in [-0.15, -0.1) is 0 Å². The number of nitrogens with zero attached hydrogens (tertiary/aromatic N) is 2. The molecule has 2 aliphatic heterocycles. The lowest BCUT2D eigenvalue weighted by Crippen LogP contribution is -2.42. The van der Waals surface area contributed by atoms with E-state index in [1.165, 1.54) is 25.9 Å². The highest BCUT2D eigenvalue weighted by atomic mass is 16.5. The Labute approximate surface area is 134 Å². The Hall–Kier alpha value is -0.850. The smallest absolute Gasteiger partial charge is 0.190 e. The first-order chi connectivity index (χ1) is 10.8. The lowest BCUT2D eigenvalue weighted by atomic mass is 9.97. The van der Waals surface area contributed by atoms with E-state index in [9.17, 15) is 0 Å². The molecule has 0 radical (unpaired) electrons. The van der Waals surface area contributed by atoms with Gasteiger partial charge < -0.3 is 25.0 Å². The van der Waals surface area contributed by atoms with E-state index >= 15 is 0 Å². The van der Waals surface area contributed by atoms with Crippen LogP contribution >= 0.6 is 0 Å². The standard InChI is InChI=1S/C16H32N4O2/c1-17-16(19-12-14-4-8-20(2)9-5-14)18-7-3-10-22-15-6-11-21-13-15/h14-15H,3-13H2,1-2H3,(H2,17,18,19). The molecular weight excluding hydrogens is 280 g/mol. The fraction of sp³-hybridized carbons (Fsp3) is 0.938. The van der Waals surface area contributed by atoms with Crippen LogP contribution in [0.1, 0.15) is 25.7 Å². The van der Waals surface area contributed by atoms with Crippen LogP contribution in [0.3, 0.4) is 0 Å². The molecule has 6 heteroatoms. The third-order valence-electron chi connectivity index (χ3n) is 4.47. The van der Waals surface area contributed by atoms with E-state index in [0.29, 0.717) is 6.10 Å². The Morgan fingerprint density at radius 1 is 1.27 bits per heavy atom. The molecule has 6 nitrogen and oxygen atoms in total. The Morgan fingerprint density at radius 2 is 2.09 bits per heavy atom. The predicted molar refractivity (Wildman–Crippen MR) is 89.4 cm³/mol. The topological polar surface area (TPSA) is 58.1 Å². The SMILES string of the molecule is CN=C(NCCCOC1CCOC1)NCC1CCN(C)CC1. The minimum Gasteiger partial charge on any atom is -0.379 e. The van der Waals surface area contributed by atoms with Gasteiger partial charge >= 0.3 is 0 Å². The van der Waals surface area contributed by atoms with Crippen LogP contribution in [-0.2, 0) is 9.47 Å². The van der Waals surface area contributed by atoms with Gasteiger partial charge in [0.25, 0.3) is 0 Å². The molecule has 0 aromatic rings. The molecule has 0 spiro atoms. The van der Waals surface area contributed by atoms with Gasteiger partial charge in [0, 0.05) is 33.4 Å². The first kappa shape index (κ1) is 17.5. The fourth-order valence-corrected chi connectivity index (χ4v) is 2.90. The maximum absolute atomic E-state index is 5.75. The quantitative estimate of drug-likeness (QED) is 0.411. The second kappa shape index (κ2) is 10.0. The lowest BCUT2D eigenvalue weighted by molar-refractivity contribution is 0.0420. The summed E-state index contributed by atoms with van der Waals surface area (Å²) in [7, 11) is 4.03. The van der Waals surface area contributed by atoms with Crippen molar-refractivity contribution in [1.29, 1.82) is 0 Å². The molecular formula is C16H32N4O2. The Morgan fingerprint density at radius 3 is 2.77 bits per heavy atom. The second-order valence-electron chi connectivity index (χ2n) is 6.34. The van der Waals surface area contributed by atoms with Crippen molar-refractivity contribution in [3.63, 3.8) is 0 Å². The van der Waals surface area contributed by atoms with E-state index in [4.69, 9.17) is 9.47 Å². The number of guanidine groups is 1. The van der Waals surface area contributed by atoms with Gasteiger partial charge in [-0.1, -0.05) is 0 Å². The Balaban J connectivity index is 1.49. The average Bonchev–Trinajstić information content (AvgIpc) is 3.05. The second-order valence-corrected chi connectivity index (χ2v) is 6.34. The number of ether oxygens (including phenoxy) is 2. The summed E-state index contributed by atoms with van der Waals surface area (Å²) >= 11 is 0. The number of rotatable bonds is 7. The van der Waals surface area contributed by atoms with Gasteiger partial charge in [-0.05, 0) is 51.7 Å². The summed E-state index contributed by atoms with van der Waals surface area (Å²) in [5, 5.41) is 6.81. The van der Waals surface area contributed by atoms with Crippen LogP contribution in [-0.4, -0.2) is 77.1 Å². The molecule has 0 saturated carbocycles. The number of hydrogen-bond donors (Lipinski definition) is 2. The highest BCUT2D eigenvalue weighted by Gasteiger charge is 2.17. The van der Waals surface area contributed by atoms with Crippen LogP contribution in [0, 0.1) is 5.92 Å². The molecule has 0 amide bonds. The van der Waals surface area contributed by atoms with Crippen LogP contribution in [0.4, 0.5) is 0 Å². The highest BCUT2D eigenvalue weighted by Crippen LogP contribution is 2.14. The molecule has 1 atom stereocenters. The molecule has 1 unspecified atom stereocenters. The van der Waals surface area contributed by atoms with Crippen molar-refractivity contribution in [3.8, 4) is 0 Å². The van der Waals surface area contributed by atoms with E-state index in [2.05, 4.69) is 27.6 Å². The number of piperidine rings is 1. The zero-order chi connectivity index (χ0) is 15.6. The molecule has 2 fully saturated rings. The molecule has 2 rings (SSSR count). The summed E-state index contributed by atoms with van der Waals surface area (Å²) < 4.78 is 11.0. The molecule has 0 aliphatic carbocycles. The van der Waals surface area contributed by atoms with Gasteiger partial charge in [0.1, 0.15) is 0 Å². The van der Waals surface area contributed by atoms with Crippen LogP contribution in [0.5, 0.6) is 0 Å². The van der Waals surface area contributed by atoms with E-state index in [1.807, 2.05) is 7.05 Å². The van der Waals surface area contributed by atoms with Crippen molar-refractivity contribution in [2.75, 3.05) is 60.1 Å². The Kier molecular flexibility index (Phi) is 7.98. The molecule has 2 saturated heterocycles. The molecule has 128 valence electrons. The third kappa shape index (κ3) is 6.50. The monoisotopic (exact) mass is 312 g/mol. The van der Waals surface area contributed by atoms with Crippen molar-refractivity contribution < 1.29 is 9.47 Å². The zero-order valence-electron chi connectivity index (χ0n) is 14.1. The Bertz CT molecular complexity index is 324. The van der Waals surface area contributed by atoms with Gasteiger partial charge in [-0.3, -0.25) is 4.99 Å². The van der Waals surface area contributed by atoms with Crippen molar-refractivity contribution >= 4 is 5.96 Å². The summed E-state index contributed by atoms with van der Waals surface area (Å²) in [6, 6.07) is 0. The molecule has 2 heterocycles.